The van der Waals surface area contributed by atoms with Crippen LogP contribution in [0.3, 0.4) is 0 Å². The van der Waals surface area contributed by atoms with Gasteiger partial charge in [0.2, 0.25) is 5.96 Å². The number of hydrogen-bond donors (Lipinski definition) is 3. The molecule has 3 rings (SSSR count). The SMILES string of the molecule is CCOC(=O)C(C(N)=NC(N)=Nc1nc(C)c2cc(OC)ccc2n1)=C(O)c1ccccc1. The molecule has 1 aromatic heterocycles. The van der Waals surface area contributed by atoms with Crippen LogP contribution in [0.25, 0.3) is 16.7 Å². The Hall–Kier alpha value is -4.47. The maximum absolute atomic E-state index is 12.5. The number of carbonyl (C=O) groups is 1. The summed E-state index contributed by atoms with van der Waals surface area (Å²) in [6.45, 7) is 3.51. The minimum atomic E-state index is -0.848. The van der Waals surface area contributed by atoms with E-state index in [1.54, 1.807) is 63.4 Å². The van der Waals surface area contributed by atoms with E-state index in [0.29, 0.717) is 22.5 Å². The Balaban J connectivity index is 2.01. The van der Waals surface area contributed by atoms with E-state index < -0.39 is 11.7 Å². The molecule has 5 N–H and O–H groups in total. The van der Waals surface area contributed by atoms with Gasteiger partial charge in [0.05, 0.1) is 24.9 Å². The van der Waals surface area contributed by atoms with E-state index in [1.165, 1.54) is 0 Å². The lowest BCUT2D eigenvalue weighted by molar-refractivity contribution is -0.137. The number of amidine groups is 1. The van der Waals surface area contributed by atoms with Crippen LogP contribution < -0.4 is 16.2 Å². The van der Waals surface area contributed by atoms with E-state index in [9.17, 15) is 9.90 Å². The molecule has 0 spiro atoms. The Morgan fingerprint density at radius 1 is 1.12 bits per heavy atom. The van der Waals surface area contributed by atoms with Gasteiger partial charge in [-0.25, -0.2) is 14.8 Å². The highest BCUT2D eigenvalue weighted by Crippen LogP contribution is 2.23. The summed E-state index contributed by atoms with van der Waals surface area (Å²) in [6.07, 6.45) is 0. The predicted molar refractivity (Wildman–Crippen MR) is 126 cm³/mol. The molecule has 33 heavy (non-hydrogen) atoms. The third-order valence-electron chi connectivity index (χ3n) is 4.55. The first-order valence-corrected chi connectivity index (χ1v) is 10.0. The lowest BCUT2D eigenvalue weighted by atomic mass is 10.1. The predicted octanol–water partition coefficient (Wildman–Crippen LogP) is 2.78. The number of fused-ring (bicyclic) bond motifs is 1. The van der Waals surface area contributed by atoms with Crippen molar-refractivity contribution in [2.75, 3.05) is 13.7 Å². The van der Waals surface area contributed by atoms with Crippen LogP contribution in [0.1, 0.15) is 18.2 Å². The summed E-state index contributed by atoms with van der Waals surface area (Å²) >= 11 is 0. The fraction of sp³-hybridized carbons (Fsp3) is 0.174. The number of nitrogens with two attached hydrogens (primary N) is 2. The molecule has 0 unspecified atom stereocenters. The number of aliphatic imine (C=N–C) groups is 2. The zero-order chi connectivity index (χ0) is 24.0. The van der Waals surface area contributed by atoms with Gasteiger partial charge in [-0.2, -0.15) is 9.98 Å². The highest BCUT2D eigenvalue weighted by molar-refractivity contribution is 6.24. The molecule has 10 nitrogen and oxygen atoms in total. The first kappa shape index (κ1) is 23.2. The third-order valence-corrected chi connectivity index (χ3v) is 4.55. The Labute approximate surface area is 190 Å². The smallest absolute Gasteiger partial charge is 0.345 e. The number of nitrogens with zero attached hydrogens (tertiary/aromatic N) is 4. The third kappa shape index (κ3) is 5.42. The summed E-state index contributed by atoms with van der Waals surface area (Å²) in [5.74, 6) is -1.16. The zero-order valence-corrected chi connectivity index (χ0v) is 18.4. The van der Waals surface area contributed by atoms with Crippen molar-refractivity contribution < 1.29 is 19.4 Å². The molecule has 0 fully saturated rings. The number of rotatable bonds is 6. The monoisotopic (exact) mass is 448 g/mol. The second-order valence-electron chi connectivity index (χ2n) is 6.77. The van der Waals surface area contributed by atoms with Crippen LogP contribution in [0.5, 0.6) is 5.75 Å². The van der Waals surface area contributed by atoms with Gasteiger partial charge in [-0.15, -0.1) is 0 Å². The topological polar surface area (TPSA) is 158 Å². The maximum atomic E-state index is 12.5. The van der Waals surface area contributed by atoms with Crippen LogP contribution in [-0.2, 0) is 9.53 Å². The Kier molecular flexibility index (Phi) is 7.19. The highest BCUT2D eigenvalue weighted by Gasteiger charge is 2.22. The average Bonchev–Trinajstić information content (AvgIpc) is 2.79. The van der Waals surface area contributed by atoms with Gasteiger partial charge in [-0.3, -0.25) is 0 Å². The molecular formula is C23H24N6O4. The number of hydrogen-bond acceptors (Lipinski definition) is 7. The molecule has 0 radical (unpaired) electrons. The van der Waals surface area contributed by atoms with Crippen LogP contribution in [0.15, 0.2) is 64.1 Å². The molecule has 0 saturated carbocycles. The first-order chi connectivity index (χ1) is 15.8. The minimum Gasteiger partial charge on any atom is -0.506 e. The van der Waals surface area contributed by atoms with Crippen molar-refractivity contribution in [1.82, 2.24) is 9.97 Å². The molecule has 0 aliphatic heterocycles. The quantitative estimate of drug-likeness (QED) is 0.171. The number of methoxy groups -OCH3 is 1. The number of ether oxygens (including phenoxy) is 2. The van der Waals surface area contributed by atoms with Crippen LogP contribution in [0, 0.1) is 6.92 Å². The Morgan fingerprint density at radius 3 is 2.52 bits per heavy atom. The normalized spacial score (nSPS) is 12.9. The number of aliphatic hydroxyl groups is 1. The van der Waals surface area contributed by atoms with Crippen molar-refractivity contribution in [2.45, 2.75) is 13.8 Å². The van der Waals surface area contributed by atoms with Gasteiger partial charge in [-0.05, 0) is 32.0 Å². The number of aliphatic hydroxyl groups excluding tert-OH is 1. The number of carbonyl (C=O) groups excluding carboxylic acids is 1. The van der Waals surface area contributed by atoms with Crippen LogP contribution >= 0.6 is 0 Å². The van der Waals surface area contributed by atoms with E-state index >= 15 is 0 Å². The van der Waals surface area contributed by atoms with E-state index in [1.807, 2.05) is 6.07 Å². The lowest BCUT2D eigenvalue weighted by Crippen LogP contribution is -2.27. The zero-order valence-electron chi connectivity index (χ0n) is 18.4. The molecule has 0 saturated heterocycles. The van der Waals surface area contributed by atoms with Gasteiger partial charge < -0.3 is 26.0 Å². The molecule has 0 bridgehead atoms. The summed E-state index contributed by atoms with van der Waals surface area (Å²) in [6, 6.07) is 13.8. The number of esters is 1. The fourth-order valence-corrected chi connectivity index (χ4v) is 3.00. The molecular weight excluding hydrogens is 424 g/mol. The van der Waals surface area contributed by atoms with E-state index in [2.05, 4.69) is 20.0 Å². The van der Waals surface area contributed by atoms with Crippen molar-refractivity contribution in [2.24, 2.45) is 21.5 Å². The summed E-state index contributed by atoms with van der Waals surface area (Å²) in [5, 5.41) is 11.5. The fourth-order valence-electron chi connectivity index (χ4n) is 3.00. The molecule has 1 heterocycles. The summed E-state index contributed by atoms with van der Waals surface area (Å²) < 4.78 is 10.2. The molecule has 0 aliphatic rings. The van der Waals surface area contributed by atoms with Gasteiger partial charge in [0.15, 0.2) is 0 Å². The van der Waals surface area contributed by atoms with Crippen LogP contribution in [0.2, 0.25) is 0 Å². The van der Waals surface area contributed by atoms with Gasteiger partial charge in [0, 0.05) is 10.9 Å². The second kappa shape index (κ2) is 10.2. The van der Waals surface area contributed by atoms with Gasteiger partial charge >= 0.3 is 5.97 Å². The minimum absolute atomic E-state index is 0.0631. The number of benzene rings is 2. The lowest BCUT2D eigenvalue weighted by Gasteiger charge is -2.10. The molecule has 3 aromatic rings. The summed E-state index contributed by atoms with van der Waals surface area (Å²) in [4.78, 5) is 29.2. The largest absolute Gasteiger partial charge is 0.506 e. The second-order valence-corrected chi connectivity index (χ2v) is 6.77. The van der Waals surface area contributed by atoms with Crippen molar-refractivity contribution >= 4 is 40.4 Å². The van der Waals surface area contributed by atoms with Crippen LogP contribution in [-0.4, -0.2) is 46.6 Å². The standard InChI is InChI=1S/C23H24N6O4/c1-4-33-21(31)18(19(30)14-8-6-5-7-9-14)20(24)28-22(25)29-23-26-13(2)16-12-15(32-3)10-11-17(16)27-23/h5-12,30H,4H2,1-3H3,(H4,24,25,26,27,28,29). The van der Waals surface area contributed by atoms with Crippen molar-refractivity contribution in [1.29, 1.82) is 0 Å². The Bertz CT molecular complexity index is 1270. The average molecular weight is 448 g/mol. The molecule has 0 aliphatic carbocycles. The molecule has 0 atom stereocenters. The summed E-state index contributed by atoms with van der Waals surface area (Å²) in [7, 11) is 1.58. The molecule has 2 aromatic carbocycles. The number of guanidine groups is 1. The molecule has 0 amide bonds. The van der Waals surface area contributed by atoms with E-state index in [-0.39, 0.29) is 29.9 Å². The van der Waals surface area contributed by atoms with Gasteiger partial charge in [-0.1, -0.05) is 30.3 Å². The van der Waals surface area contributed by atoms with Gasteiger partial charge in [0.25, 0.3) is 5.95 Å². The van der Waals surface area contributed by atoms with Crippen LogP contribution in [0.4, 0.5) is 5.95 Å². The van der Waals surface area contributed by atoms with E-state index in [4.69, 9.17) is 20.9 Å². The molecule has 10 heteroatoms. The highest BCUT2D eigenvalue weighted by atomic mass is 16.5. The molecule has 170 valence electrons. The maximum Gasteiger partial charge on any atom is 0.345 e. The Morgan fingerprint density at radius 2 is 1.85 bits per heavy atom. The van der Waals surface area contributed by atoms with Crippen molar-refractivity contribution in [3.63, 3.8) is 0 Å². The number of aryl methyl sites for hydroxylation is 1. The summed E-state index contributed by atoms with van der Waals surface area (Å²) in [5.41, 5.74) is 13.3. The van der Waals surface area contributed by atoms with Crippen molar-refractivity contribution in [3.8, 4) is 5.75 Å². The number of aromatic nitrogens is 2. The van der Waals surface area contributed by atoms with E-state index in [0.717, 1.165) is 5.39 Å². The first-order valence-electron chi connectivity index (χ1n) is 10.0. The van der Waals surface area contributed by atoms with Crippen molar-refractivity contribution in [3.05, 3.63) is 65.4 Å². The van der Waals surface area contributed by atoms with Gasteiger partial charge in [0.1, 0.15) is 22.9 Å².